The molecule has 1 aromatic carbocycles. The highest BCUT2D eigenvalue weighted by Gasteiger charge is 2.10. The number of benzene rings is 1. The zero-order valence-electron chi connectivity index (χ0n) is 13.4. The van der Waals surface area contributed by atoms with Crippen LogP contribution in [-0.4, -0.2) is 12.6 Å². The molecule has 0 aliphatic rings. The number of nitrogens with two attached hydrogens (primary N) is 1. The summed E-state index contributed by atoms with van der Waals surface area (Å²) in [4.78, 5) is 0. The highest BCUT2D eigenvalue weighted by molar-refractivity contribution is 5.72. The maximum absolute atomic E-state index is 6.17. The Hall–Kier alpha value is -1.38. The molecule has 1 unspecified atom stereocenters. The van der Waals surface area contributed by atoms with Crippen LogP contribution >= 0.6 is 0 Å². The van der Waals surface area contributed by atoms with Gasteiger partial charge in [-0.25, -0.2) is 0 Å². The van der Waals surface area contributed by atoms with Gasteiger partial charge in [0.15, 0.2) is 0 Å². The molecule has 0 bridgehead atoms. The lowest BCUT2D eigenvalue weighted by Crippen LogP contribution is -2.15. The predicted octanol–water partition coefficient (Wildman–Crippen LogP) is 4.68. The van der Waals surface area contributed by atoms with Crippen LogP contribution in [0.4, 0.5) is 11.4 Å². The number of anilines is 2. The topological polar surface area (TPSA) is 47.3 Å². The maximum Gasteiger partial charge on any atom is 0.144 e. The van der Waals surface area contributed by atoms with Gasteiger partial charge in [0.25, 0.3) is 0 Å². The third kappa shape index (κ3) is 5.32. The van der Waals surface area contributed by atoms with Gasteiger partial charge in [0.1, 0.15) is 5.75 Å². The predicted molar refractivity (Wildman–Crippen MR) is 88.4 cm³/mol. The summed E-state index contributed by atoms with van der Waals surface area (Å²) in [5.74, 6) is 1.48. The Balaban J connectivity index is 2.63. The molecule has 0 aliphatic carbocycles. The van der Waals surface area contributed by atoms with Crippen LogP contribution in [0.5, 0.6) is 5.75 Å². The largest absolute Gasteiger partial charge is 0.489 e. The summed E-state index contributed by atoms with van der Waals surface area (Å²) < 4.78 is 5.72. The van der Waals surface area contributed by atoms with E-state index in [-0.39, 0.29) is 6.10 Å². The highest BCUT2D eigenvalue weighted by Crippen LogP contribution is 2.30. The van der Waals surface area contributed by atoms with Crippen molar-refractivity contribution in [2.75, 3.05) is 17.6 Å². The second-order valence-electron chi connectivity index (χ2n) is 5.68. The van der Waals surface area contributed by atoms with Crippen molar-refractivity contribution in [2.24, 2.45) is 5.92 Å². The van der Waals surface area contributed by atoms with Gasteiger partial charge in [0.05, 0.1) is 17.5 Å². The Labute approximate surface area is 123 Å². The first-order chi connectivity index (χ1) is 9.58. The van der Waals surface area contributed by atoms with Gasteiger partial charge in [-0.05, 0) is 38.3 Å². The molecule has 1 rings (SSSR count). The second kappa shape index (κ2) is 8.72. The van der Waals surface area contributed by atoms with Gasteiger partial charge in [-0.3, -0.25) is 0 Å². The van der Waals surface area contributed by atoms with Crippen LogP contribution in [0.25, 0.3) is 0 Å². The molecular weight excluding hydrogens is 248 g/mol. The molecule has 20 heavy (non-hydrogen) atoms. The monoisotopic (exact) mass is 278 g/mol. The Morgan fingerprint density at radius 3 is 2.60 bits per heavy atom. The average molecular weight is 278 g/mol. The Morgan fingerprint density at radius 1 is 1.25 bits per heavy atom. The molecule has 0 saturated carbocycles. The Morgan fingerprint density at radius 2 is 2.00 bits per heavy atom. The van der Waals surface area contributed by atoms with Gasteiger partial charge in [-0.15, -0.1) is 0 Å². The van der Waals surface area contributed by atoms with Crippen molar-refractivity contribution in [2.45, 2.75) is 59.5 Å². The first kappa shape index (κ1) is 16.7. The van der Waals surface area contributed by atoms with Crippen molar-refractivity contribution >= 4 is 11.4 Å². The highest BCUT2D eigenvalue weighted by atomic mass is 16.5. The number of hydrogen-bond donors (Lipinski definition) is 2. The summed E-state index contributed by atoms with van der Waals surface area (Å²) >= 11 is 0. The molecule has 0 aromatic heterocycles. The summed E-state index contributed by atoms with van der Waals surface area (Å²) in [5.41, 5.74) is 7.87. The third-order valence-corrected chi connectivity index (χ3v) is 3.55. The van der Waals surface area contributed by atoms with E-state index in [1.165, 1.54) is 25.7 Å². The third-order valence-electron chi connectivity index (χ3n) is 3.55. The summed E-state index contributed by atoms with van der Waals surface area (Å²) in [7, 11) is 0. The van der Waals surface area contributed by atoms with Crippen LogP contribution in [-0.2, 0) is 0 Å². The van der Waals surface area contributed by atoms with E-state index in [0.717, 1.165) is 18.0 Å². The van der Waals surface area contributed by atoms with Gasteiger partial charge in [-0.1, -0.05) is 39.2 Å². The fourth-order valence-corrected chi connectivity index (χ4v) is 2.25. The molecular formula is C17H30N2O. The van der Waals surface area contributed by atoms with E-state index >= 15 is 0 Å². The van der Waals surface area contributed by atoms with E-state index in [2.05, 4.69) is 19.2 Å². The van der Waals surface area contributed by atoms with Crippen LogP contribution in [0.1, 0.15) is 53.4 Å². The molecule has 1 atom stereocenters. The molecule has 0 saturated heterocycles. The zero-order valence-corrected chi connectivity index (χ0v) is 13.4. The number of nitrogen functional groups attached to an aromatic ring is 1. The number of unbranched alkanes of at least 4 members (excludes halogenated alkanes) is 1. The zero-order chi connectivity index (χ0) is 15.0. The SMILES string of the molecule is CCCCC(CC)CNc1cccc(OC(C)C)c1N. The van der Waals surface area contributed by atoms with Gasteiger partial charge in [0, 0.05) is 6.54 Å². The standard InChI is InChI=1S/C17H30N2O/c1-5-7-9-14(6-2)12-19-15-10-8-11-16(17(15)18)20-13(3)4/h8,10-11,13-14,19H,5-7,9,12,18H2,1-4H3. The van der Waals surface area contributed by atoms with Gasteiger partial charge < -0.3 is 15.8 Å². The van der Waals surface area contributed by atoms with E-state index in [1.54, 1.807) is 0 Å². The van der Waals surface area contributed by atoms with E-state index in [1.807, 2.05) is 32.0 Å². The minimum atomic E-state index is 0.139. The number of ether oxygens (including phenoxy) is 1. The van der Waals surface area contributed by atoms with Crippen molar-refractivity contribution in [1.82, 2.24) is 0 Å². The van der Waals surface area contributed by atoms with Crippen molar-refractivity contribution in [3.05, 3.63) is 18.2 Å². The normalized spacial score (nSPS) is 12.4. The van der Waals surface area contributed by atoms with Crippen LogP contribution in [0.2, 0.25) is 0 Å². The molecule has 3 heteroatoms. The summed E-state index contributed by atoms with van der Waals surface area (Å²) in [5, 5.41) is 3.48. The number of nitrogens with one attached hydrogen (secondary N) is 1. The van der Waals surface area contributed by atoms with E-state index in [0.29, 0.717) is 11.6 Å². The molecule has 1 aromatic rings. The number of hydrogen-bond acceptors (Lipinski definition) is 3. The van der Waals surface area contributed by atoms with Crippen LogP contribution in [0.15, 0.2) is 18.2 Å². The first-order valence-corrected chi connectivity index (χ1v) is 7.87. The van der Waals surface area contributed by atoms with E-state index in [9.17, 15) is 0 Å². The van der Waals surface area contributed by atoms with Crippen LogP contribution in [0.3, 0.4) is 0 Å². The Bertz CT molecular complexity index is 391. The van der Waals surface area contributed by atoms with Gasteiger partial charge >= 0.3 is 0 Å². The lowest BCUT2D eigenvalue weighted by molar-refractivity contribution is 0.244. The molecule has 0 spiro atoms. The minimum Gasteiger partial charge on any atom is -0.489 e. The molecule has 0 heterocycles. The van der Waals surface area contributed by atoms with E-state index in [4.69, 9.17) is 10.5 Å². The van der Waals surface area contributed by atoms with Crippen LogP contribution in [0, 0.1) is 5.92 Å². The van der Waals surface area contributed by atoms with Crippen molar-refractivity contribution < 1.29 is 4.74 Å². The first-order valence-electron chi connectivity index (χ1n) is 7.87. The van der Waals surface area contributed by atoms with Crippen molar-refractivity contribution in [3.8, 4) is 5.75 Å². The fraction of sp³-hybridized carbons (Fsp3) is 0.647. The van der Waals surface area contributed by atoms with Crippen molar-refractivity contribution in [1.29, 1.82) is 0 Å². The van der Waals surface area contributed by atoms with Gasteiger partial charge in [0.2, 0.25) is 0 Å². The second-order valence-corrected chi connectivity index (χ2v) is 5.68. The molecule has 114 valence electrons. The quantitative estimate of drug-likeness (QED) is 0.644. The minimum absolute atomic E-state index is 0.139. The Kier molecular flexibility index (Phi) is 7.27. The molecule has 3 nitrogen and oxygen atoms in total. The number of rotatable bonds is 9. The molecule has 0 amide bonds. The fourth-order valence-electron chi connectivity index (χ4n) is 2.25. The smallest absolute Gasteiger partial charge is 0.144 e. The molecule has 3 N–H and O–H groups in total. The molecule has 0 radical (unpaired) electrons. The average Bonchev–Trinajstić information content (AvgIpc) is 2.42. The molecule has 0 aliphatic heterocycles. The van der Waals surface area contributed by atoms with E-state index < -0.39 is 0 Å². The molecule has 0 fully saturated rings. The van der Waals surface area contributed by atoms with Crippen LogP contribution < -0.4 is 15.8 Å². The lowest BCUT2D eigenvalue weighted by atomic mass is 9.99. The summed E-state index contributed by atoms with van der Waals surface area (Å²) in [6.45, 7) is 9.50. The lowest BCUT2D eigenvalue weighted by Gasteiger charge is -2.19. The number of para-hydroxylation sites is 1. The summed E-state index contributed by atoms with van der Waals surface area (Å²) in [6, 6.07) is 5.94. The maximum atomic E-state index is 6.17. The van der Waals surface area contributed by atoms with Gasteiger partial charge in [-0.2, -0.15) is 0 Å². The summed E-state index contributed by atoms with van der Waals surface area (Å²) in [6.07, 6.45) is 5.18. The van der Waals surface area contributed by atoms with Crippen molar-refractivity contribution in [3.63, 3.8) is 0 Å².